The molecule has 2 rings (SSSR count). The molecule has 1 aromatic carbocycles. The van der Waals surface area contributed by atoms with Gasteiger partial charge >= 0.3 is 5.97 Å². The van der Waals surface area contributed by atoms with Gasteiger partial charge in [-0.05, 0) is 49.8 Å². The Morgan fingerprint density at radius 1 is 1.08 bits per heavy atom. The molecule has 1 aliphatic heterocycles. The minimum absolute atomic E-state index is 0.192. The molecule has 0 aromatic heterocycles. The highest BCUT2D eigenvalue weighted by molar-refractivity contribution is 5.73. The fourth-order valence-corrected chi connectivity index (χ4v) is 3.30. The Kier molecular flexibility index (Phi) is 6.69. The summed E-state index contributed by atoms with van der Waals surface area (Å²) in [4.78, 5) is 12.3. The first kappa shape index (κ1) is 20.7. The monoisotopic (exact) mass is 364 g/mol. The van der Waals surface area contributed by atoms with E-state index in [0.717, 1.165) is 36.0 Å². The van der Waals surface area contributed by atoms with E-state index in [0.29, 0.717) is 19.8 Å². The van der Waals surface area contributed by atoms with Gasteiger partial charge in [-0.2, -0.15) is 0 Å². The van der Waals surface area contributed by atoms with Crippen molar-refractivity contribution in [2.75, 3.05) is 19.8 Å². The number of benzene rings is 1. The van der Waals surface area contributed by atoms with Crippen LogP contribution in [-0.4, -0.2) is 36.7 Å². The summed E-state index contributed by atoms with van der Waals surface area (Å²) >= 11 is 0. The van der Waals surface area contributed by atoms with Crippen molar-refractivity contribution >= 4 is 5.97 Å². The summed E-state index contributed by atoms with van der Waals surface area (Å²) in [6, 6.07) is 3.64. The van der Waals surface area contributed by atoms with Crippen molar-refractivity contribution in [1.29, 1.82) is 0 Å². The lowest BCUT2D eigenvalue weighted by Gasteiger charge is -2.45. The summed E-state index contributed by atoms with van der Waals surface area (Å²) in [5.41, 5.74) is 2.09. The summed E-state index contributed by atoms with van der Waals surface area (Å²) in [6.07, 6.45) is 2.63. The molecule has 1 saturated heterocycles. The van der Waals surface area contributed by atoms with Gasteiger partial charge < -0.3 is 19.3 Å². The largest absolute Gasteiger partial charge is 0.507 e. The number of esters is 1. The van der Waals surface area contributed by atoms with Crippen molar-refractivity contribution in [2.24, 2.45) is 5.41 Å². The summed E-state index contributed by atoms with van der Waals surface area (Å²) in [6.45, 7) is 11.2. The van der Waals surface area contributed by atoms with Crippen LogP contribution in [0.3, 0.4) is 0 Å². The zero-order valence-corrected chi connectivity index (χ0v) is 16.7. The molecule has 5 heteroatoms. The van der Waals surface area contributed by atoms with Crippen molar-refractivity contribution in [2.45, 2.75) is 66.1 Å². The Bertz CT molecular complexity index is 600. The van der Waals surface area contributed by atoms with Crippen LogP contribution in [0, 0.1) is 19.3 Å². The molecule has 1 fully saturated rings. The maximum Gasteiger partial charge on any atom is 0.310 e. The number of phenols is 1. The lowest BCUT2D eigenvalue weighted by atomic mass is 9.86. The van der Waals surface area contributed by atoms with Gasteiger partial charge in [-0.3, -0.25) is 4.79 Å². The Balaban J connectivity index is 1.93. The summed E-state index contributed by atoms with van der Waals surface area (Å²) in [5, 5.41) is 9.84. The Labute approximate surface area is 156 Å². The number of carbonyl (C=O) groups is 1. The van der Waals surface area contributed by atoms with Gasteiger partial charge in [0.15, 0.2) is 5.79 Å². The predicted octanol–water partition coefficient (Wildman–Crippen LogP) is 4.05. The lowest BCUT2D eigenvalue weighted by Crippen LogP contribution is -2.51. The van der Waals surface area contributed by atoms with E-state index in [-0.39, 0.29) is 23.6 Å². The van der Waals surface area contributed by atoms with E-state index < -0.39 is 5.79 Å². The van der Waals surface area contributed by atoms with E-state index in [2.05, 4.69) is 20.8 Å². The Morgan fingerprint density at radius 3 is 2.08 bits per heavy atom. The van der Waals surface area contributed by atoms with Crippen LogP contribution in [0.25, 0.3) is 0 Å². The average molecular weight is 364 g/mol. The molecule has 1 aliphatic rings. The molecule has 0 unspecified atom stereocenters. The normalized spacial score (nSPS) is 18.5. The van der Waals surface area contributed by atoms with E-state index >= 15 is 0 Å². The van der Waals surface area contributed by atoms with Crippen LogP contribution in [0.5, 0.6) is 5.75 Å². The fraction of sp³-hybridized carbons (Fsp3) is 0.667. The zero-order chi connectivity index (χ0) is 19.4. The van der Waals surface area contributed by atoms with E-state index in [4.69, 9.17) is 14.2 Å². The molecular weight excluding hydrogens is 332 g/mol. The van der Waals surface area contributed by atoms with Crippen molar-refractivity contribution in [3.8, 4) is 5.75 Å². The number of rotatable bonds is 7. The first-order valence-electron chi connectivity index (χ1n) is 9.51. The summed E-state index contributed by atoms with van der Waals surface area (Å²) in [5.74, 6) is -0.493. The molecule has 1 aromatic rings. The maximum atomic E-state index is 12.3. The standard InChI is InChI=1S/C21H32O5/c1-6-20(13-25-21(7-2,8-3)26-14-20)12-24-18(22)11-17-9-15(4)19(23)16(5)10-17/h9-10,23H,6-8,11-14H2,1-5H3. The van der Waals surface area contributed by atoms with Gasteiger partial charge in [0, 0.05) is 0 Å². The summed E-state index contributed by atoms with van der Waals surface area (Å²) < 4.78 is 17.6. The van der Waals surface area contributed by atoms with Gasteiger partial charge in [0.25, 0.3) is 0 Å². The van der Waals surface area contributed by atoms with Crippen LogP contribution in [0.15, 0.2) is 12.1 Å². The molecule has 0 amide bonds. The number of hydrogen-bond acceptors (Lipinski definition) is 5. The molecular formula is C21H32O5. The number of aryl methyl sites for hydroxylation is 2. The van der Waals surface area contributed by atoms with Gasteiger partial charge in [0.1, 0.15) is 12.4 Å². The highest BCUT2D eigenvalue weighted by atomic mass is 16.7. The van der Waals surface area contributed by atoms with Crippen molar-refractivity contribution in [3.05, 3.63) is 28.8 Å². The molecule has 1 heterocycles. The molecule has 0 spiro atoms. The molecule has 5 nitrogen and oxygen atoms in total. The van der Waals surface area contributed by atoms with E-state index in [9.17, 15) is 9.90 Å². The number of hydrogen-bond donors (Lipinski definition) is 1. The van der Waals surface area contributed by atoms with Crippen LogP contribution < -0.4 is 0 Å². The molecule has 0 radical (unpaired) electrons. The van der Waals surface area contributed by atoms with Gasteiger partial charge in [-0.15, -0.1) is 0 Å². The highest BCUT2D eigenvalue weighted by Crippen LogP contribution is 2.36. The topological polar surface area (TPSA) is 65.0 Å². The zero-order valence-electron chi connectivity index (χ0n) is 16.7. The molecule has 0 atom stereocenters. The van der Waals surface area contributed by atoms with Crippen LogP contribution in [-0.2, 0) is 25.4 Å². The molecule has 26 heavy (non-hydrogen) atoms. The smallest absolute Gasteiger partial charge is 0.310 e. The molecule has 146 valence electrons. The highest BCUT2D eigenvalue weighted by Gasteiger charge is 2.42. The SMILES string of the molecule is CCC1(COC(=O)Cc2cc(C)c(O)c(C)c2)COC(CC)(CC)OC1. The minimum atomic E-state index is -0.496. The molecule has 0 saturated carbocycles. The number of phenolic OH excluding ortho intramolecular Hbond substituents is 1. The number of ether oxygens (including phenoxy) is 3. The maximum absolute atomic E-state index is 12.3. The van der Waals surface area contributed by atoms with Gasteiger partial charge in [0.05, 0.1) is 25.0 Å². The van der Waals surface area contributed by atoms with E-state index in [1.807, 2.05) is 26.0 Å². The Hall–Kier alpha value is -1.59. The minimum Gasteiger partial charge on any atom is -0.507 e. The van der Waals surface area contributed by atoms with Gasteiger partial charge in [0.2, 0.25) is 0 Å². The second-order valence-corrected chi connectivity index (χ2v) is 7.46. The second-order valence-electron chi connectivity index (χ2n) is 7.46. The third-order valence-corrected chi connectivity index (χ3v) is 5.55. The lowest BCUT2D eigenvalue weighted by molar-refractivity contribution is -0.311. The molecule has 0 aliphatic carbocycles. The fourth-order valence-electron chi connectivity index (χ4n) is 3.30. The average Bonchev–Trinajstić information content (AvgIpc) is 2.65. The van der Waals surface area contributed by atoms with Crippen LogP contribution in [0.2, 0.25) is 0 Å². The molecule has 1 N–H and O–H groups in total. The van der Waals surface area contributed by atoms with Gasteiger partial charge in [-0.1, -0.05) is 32.9 Å². The van der Waals surface area contributed by atoms with Crippen LogP contribution >= 0.6 is 0 Å². The van der Waals surface area contributed by atoms with Crippen molar-refractivity contribution < 1.29 is 24.1 Å². The Morgan fingerprint density at radius 2 is 1.62 bits per heavy atom. The molecule has 0 bridgehead atoms. The van der Waals surface area contributed by atoms with E-state index in [1.54, 1.807) is 0 Å². The van der Waals surface area contributed by atoms with Gasteiger partial charge in [-0.25, -0.2) is 0 Å². The summed E-state index contributed by atoms with van der Waals surface area (Å²) in [7, 11) is 0. The number of carbonyl (C=O) groups excluding carboxylic acids is 1. The first-order chi connectivity index (χ1) is 12.3. The van der Waals surface area contributed by atoms with E-state index in [1.165, 1.54) is 0 Å². The third-order valence-electron chi connectivity index (χ3n) is 5.55. The van der Waals surface area contributed by atoms with Crippen molar-refractivity contribution in [1.82, 2.24) is 0 Å². The van der Waals surface area contributed by atoms with Crippen molar-refractivity contribution in [3.63, 3.8) is 0 Å². The number of aromatic hydroxyl groups is 1. The third kappa shape index (κ3) is 4.57. The van der Waals surface area contributed by atoms with Crippen LogP contribution in [0.1, 0.15) is 56.7 Å². The second kappa shape index (κ2) is 8.40. The van der Waals surface area contributed by atoms with Crippen LogP contribution in [0.4, 0.5) is 0 Å². The predicted molar refractivity (Wildman–Crippen MR) is 100 cm³/mol. The quantitative estimate of drug-likeness (QED) is 0.739. The first-order valence-corrected chi connectivity index (χ1v) is 9.51.